The first-order valence-electron chi connectivity index (χ1n) is 9.58. The van der Waals surface area contributed by atoms with Crippen molar-refractivity contribution in [1.29, 1.82) is 0 Å². The number of nitrogens with one attached hydrogen (secondary N) is 2. The van der Waals surface area contributed by atoms with E-state index in [1.165, 1.54) is 0 Å². The second kappa shape index (κ2) is 9.55. The van der Waals surface area contributed by atoms with Gasteiger partial charge in [-0.05, 0) is 43.3 Å². The van der Waals surface area contributed by atoms with Gasteiger partial charge in [-0.15, -0.1) is 0 Å². The van der Waals surface area contributed by atoms with Gasteiger partial charge in [-0.25, -0.2) is 0 Å². The van der Waals surface area contributed by atoms with E-state index in [0.29, 0.717) is 23.4 Å². The molecular weight excluding hydrogens is 362 g/mol. The van der Waals surface area contributed by atoms with Crippen LogP contribution in [0.25, 0.3) is 0 Å². The van der Waals surface area contributed by atoms with Gasteiger partial charge in [0.2, 0.25) is 0 Å². The Morgan fingerprint density at radius 3 is 2.10 bits per heavy atom. The topological polar surface area (TPSA) is 61.4 Å². The third-order valence-electron chi connectivity index (χ3n) is 4.84. The lowest BCUT2D eigenvalue weighted by molar-refractivity contribution is 0.0952. The highest BCUT2D eigenvalue weighted by atomic mass is 16.2. The predicted molar refractivity (Wildman–Crippen MR) is 117 cm³/mol. The van der Waals surface area contributed by atoms with Crippen molar-refractivity contribution in [1.82, 2.24) is 5.32 Å². The van der Waals surface area contributed by atoms with Crippen LogP contribution in [0.1, 0.15) is 27.6 Å². The van der Waals surface area contributed by atoms with Crippen molar-refractivity contribution in [2.24, 2.45) is 0 Å². The molecule has 0 spiro atoms. The summed E-state index contributed by atoms with van der Waals surface area (Å²) in [6, 6.07) is 26.1. The molecule has 0 saturated carbocycles. The Bertz CT molecular complexity index is 958. The molecule has 0 aliphatic carbocycles. The van der Waals surface area contributed by atoms with Crippen molar-refractivity contribution in [3.8, 4) is 0 Å². The molecule has 2 amide bonds. The van der Waals surface area contributed by atoms with E-state index in [1.54, 1.807) is 48.5 Å². The van der Waals surface area contributed by atoms with Gasteiger partial charge in [-0.3, -0.25) is 9.59 Å². The van der Waals surface area contributed by atoms with E-state index in [1.807, 2.05) is 43.4 Å². The average Bonchev–Trinajstić information content (AvgIpc) is 2.78. The lowest BCUT2D eigenvalue weighted by Gasteiger charge is -2.27. The van der Waals surface area contributed by atoms with Gasteiger partial charge in [0.15, 0.2) is 0 Å². The Balaban J connectivity index is 1.65. The molecule has 3 aromatic carbocycles. The SMILES string of the molecule is CC(CNC(=O)c1ccccc1NC(=O)c1ccccc1)N(C)c1ccccc1. The molecule has 0 aliphatic rings. The van der Waals surface area contributed by atoms with Crippen LogP contribution in [0.15, 0.2) is 84.9 Å². The van der Waals surface area contributed by atoms with Crippen LogP contribution in [0, 0.1) is 0 Å². The summed E-state index contributed by atoms with van der Waals surface area (Å²) in [4.78, 5) is 27.3. The molecule has 0 bridgehead atoms. The summed E-state index contributed by atoms with van der Waals surface area (Å²) >= 11 is 0. The lowest BCUT2D eigenvalue weighted by atomic mass is 10.1. The minimum Gasteiger partial charge on any atom is -0.370 e. The zero-order valence-electron chi connectivity index (χ0n) is 16.6. The van der Waals surface area contributed by atoms with Crippen LogP contribution in [-0.2, 0) is 0 Å². The van der Waals surface area contributed by atoms with Crippen LogP contribution in [0.3, 0.4) is 0 Å². The maximum Gasteiger partial charge on any atom is 0.255 e. The second-order valence-corrected chi connectivity index (χ2v) is 6.87. The molecular formula is C24H25N3O2. The number of hydrogen-bond donors (Lipinski definition) is 2. The number of nitrogens with zero attached hydrogens (tertiary/aromatic N) is 1. The fraction of sp³-hybridized carbons (Fsp3) is 0.167. The number of para-hydroxylation sites is 2. The van der Waals surface area contributed by atoms with E-state index >= 15 is 0 Å². The van der Waals surface area contributed by atoms with Crippen LogP contribution in [0.2, 0.25) is 0 Å². The molecule has 0 saturated heterocycles. The van der Waals surface area contributed by atoms with Crippen molar-refractivity contribution in [2.45, 2.75) is 13.0 Å². The first kappa shape index (κ1) is 20.1. The summed E-state index contributed by atoms with van der Waals surface area (Å²) in [7, 11) is 2.00. The first-order chi connectivity index (χ1) is 14.1. The maximum atomic E-state index is 12.8. The van der Waals surface area contributed by atoms with Crippen LogP contribution >= 0.6 is 0 Å². The summed E-state index contributed by atoms with van der Waals surface area (Å²) in [5, 5.41) is 5.80. The number of likely N-dealkylation sites (N-methyl/N-ethyl adjacent to an activating group) is 1. The standard InChI is InChI=1S/C24H25N3O2/c1-18(27(2)20-13-7-4-8-14-20)17-25-24(29)21-15-9-10-16-22(21)26-23(28)19-11-5-3-6-12-19/h3-16,18H,17H2,1-2H3,(H,25,29)(H,26,28). The quantitative estimate of drug-likeness (QED) is 0.639. The number of amides is 2. The van der Waals surface area contributed by atoms with Crippen LogP contribution in [-0.4, -0.2) is 31.4 Å². The summed E-state index contributed by atoms with van der Waals surface area (Å²) in [5.74, 6) is -0.467. The lowest BCUT2D eigenvalue weighted by Crippen LogP contribution is -2.40. The van der Waals surface area contributed by atoms with E-state index < -0.39 is 0 Å². The molecule has 148 valence electrons. The molecule has 1 atom stereocenters. The average molecular weight is 387 g/mol. The van der Waals surface area contributed by atoms with Crippen LogP contribution in [0.5, 0.6) is 0 Å². The molecule has 2 N–H and O–H groups in total. The highest BCUT2D eigenvalue weighted by Crippen LogP contribution is 2.17. The summed E-state index contributed by atoms with van der Waals surface area (Å²) in [6.45, 7) is 2.53. The molecule has 3 rings (SSSR count). The molecule has 29 heavy (non-hydrogen) atoms. The Morgan fingerprint density at radius 2 is 1.41 bits per heavy atom. The third kappa shape index (κ3) is 5.23. The molecule has 0 heterocycles. The molecule has 1 unspecified atom stereocenters. The van der Waals surface area contributed by atoms with Crippen molar-refractivity contribution in [3.63, 3.8) is 0 Å². The normalized spacial score (nSPS) is 11.4. The van der Waals surface area contributed by atoms with E-state index in [4.69, 9.17) is 0 Å². The number of hydrogen-bond acceptors (Lipinski definition) is 3. The van der Waals surface area contributed by atoms with Crippen molar-refractivity contribution >= 4 is 23.2 Å². The van der Waals surface area contributed by atoms with E-state index in [-0.39, 0.29) is 17.9 Å². The Labute approximate surface area is 171 Å². The Kier molecular flexibility index (Phi) is 6.63. The minimum absolute atomic E-state index is 0.104. The highest BCUT2D eigenvalue weighted by Gasteiger charge is 2.16. The summed E-state index contributed by atoms with van der Waals surface area (Å²) < 4.78 is 0. The third-order valence-corrected chi connectivity index (χ3v) is 4.84. The highest BCUT2D eigenvalue weighted by molar-refractivity contribution is 6.08. The molecule has 5 nitrogen and oxygen atoms in total. The maximum absolute atomic E-state index is 12.8. The first-order valence-corrected chi connectivity index (χ1v) is 9.58. The van der Waals surface area contributed by atoms with Gasteiger partial charge in [0.1, 0.15) is 0 Å². The van der Waals surface area contributed by atoms with Gasteiger partial charge in [-0.1, -0.05) is 48.5 Å². The van der Waals surface area contributed by atoms with Gasteiger partial charge in [-0.2, -0.15) is 0 Å². The van der Waals surface area contributed by atoms with Gasteiger partial charge in [0, 0.05) is 30.9 Å². The molecule has 0 aromatic heterocycles. The number of carbonyl (C=O) groups is 2. The van der Waals surface area contributed by atoms with Crippen molar-refractivity contribution in [3.05, 3.63) is 96.1 Å². The van der Waals surface area contributed by atoms with E-state index in [2.05, 4.69) is 22.5 Å². The fourth-order valence-electron chi connectivity index (χ4n) is 2.96. The Hall–Kier alpha value is -3.60. The van der Waals surface area contributed by atoms with Gasteiger partial charge < -0.3 is 15.5 Å². The zero-order valence-corrected chi connectivity index (χ0v) is 16.6. The number of anilines is 2. The Morgan fingerprint density at radius 1 is 0.828 bits per heavy atom. The number of rotatable bonds is 7. The van der Waals surface area contributed by atoms with Crippen molar-refractivity contribution in [2.75, 3.05) is 23.8 Å². The zero-order chi connectivity index (χ0) is 20.6. The number of carbonyl (C=O) groups excluding carboxylic acids is 2. The molecule has 0 radical (unpaired) electrons. The van der Waals surface area contributed by atoms with E-state index in [9.17, 15) is 9.59 Å². The molecule has 3 aromatic rings. The smallest absolute Gasteiger partial charge is 0.255 e. The second-order valence-electron chi connectivity index (χ2n) is 6.87. The summed E-state index contributed by atoms with van der Waals surface area (Å²) in [6.07, 6.45) is 0. The largest absolute Gasteiger partial charge is 0.370 e. The predicted octanol–water partition coefficient (Wildman–Crippen LogP) is 4.19. The van der Waals surface area contributed by atoms with Crippen LogP contribution < -0.4 is 15.5 Å². The molecule has 0 fully saturated rings. The van der Waals surface area contributed by atoms with E-state index in [0.717, 1.165) is 5.69 Å². The molecule has 0 aliphatic heterocycles. The fourth-order valence-corrected chi connectivity index (χ4v) is 2.96. The van der Waals surface area contributed by atoms with Gasteiger partial charge in [0.05, 0.1) is 11.3 Å². The number of benzene rings is 3. The van der Waals surface area contributed by atoms with Crippen LogP contribution in [0.4, 0.5) is 11.4 Å². The van der Waals surface area contributed by atoms with Gasteiger partial charge in [0.25, 0.3) is 11.8 Å². The van der Waals surface area contributed by atoms with Gasteiger partial charge >= 0.3 is 0 Å². The van der Waals surface area contributed by atoms with Crippen molar-refractivity contribution < 1.29 is 9.59 Å². The summed E-state index contributed by atoms with van der Waals surface area (Å²) in [5.41, 5.74) is 2.56. The monoisotopic (exact) mass is 387 g/mol. The molecule has 5 heteroatoms. The minimum atomic E-state index is -0.247.